The Bertz CT molecular complexity index is 739. The number of likely N-dealkylation sites (tertiary alicyclic amines) is 1. The summed E-state index contributed by atoms with van der Waals surface area (Å²) in [5, 5.41) is 2.57. The number of hydrogen-bond acceptors (Lipinski definition) is 5. The maximum atomic E-state index is 12.8. The molecule has 2 heterocycles. The van der Waals surface area contributed by atoms with Gasteiger partial charge in [-0.2, -0.15) is 0 Å². The van der Waals surface area contributed by atoms with E-state index in [0.717, 1.165) is 23.4 Å². The summed E-state index contributed by atoms with van der Waals surface area (Å²) < 4.78 is 4.84. The summed E-state index contributed by atoms with van der Waals surface area (Å²) in [5.41, 5.74) is 2.57. The Kier molecular flexibility index (Phi) is 4.94. The van der Waals surface area contributed by atoms with E-state index in [1.165, 1.54) is 24.0 Å². The molecule has 3 rings (SSSR count). The SMILES string of the molecule is COC(=O)[C@H]1CCCCN1C(=O)c1csc(-c2ccc(C)cc2)n1. The molecule has 1 aromatic heterocycles. The third-order valence-corrected chi connectivity index (χ3v) is 5.15. The van der Waals surface area contributed by atoms with Gasteiger partial charge < -0.3 is 9.64 Å². The number of amides is 1. The van der Waals surface area contributed by atoms with Gasteiger partial charge in [0.05, 0.1) is 7.11 Å². The predicted molar refractivity (Wildman–Crippen MR) is 93.0 cm³/mol. The zero-order valence-corrected chi connectivity index (χ0v) is 14.6. The van der Waals surface area contributed by atoms with E-state index in [0.29, 0.717) is 18.7 Å². The fraction of sp³-hybridized carbons (Fsp3) is 0.389. The quantitative estimate of drug-likeness (QED) is 0.802. The van der Waals surface area contributed by atoms with Crippen LogP contribution in [0.15, 0.2) is 29.6 Å². The molecule has 5 nitrogen and oxygen atoms in total. The third-order valence-electron chi connectivity index (χ3n) is 4.26. The molecule has 1 fully saturated rings. The van der Waals surface area contributed by atoms with Crippen molar-refractivity contribution in [2.45, 2.75) is 32.2 Å². The normalized spacial score (nSPS) is 17.6. The van der Waals surface area contributed by atoms with Gasteiger partial charge in [-0.3, -0.25) is 4.79 Å². The van der Waals surface area contributed by atoms with E-state index in [9.17, 15) is 9.59 Å². The van der Waals surface area contributed by atoms with Gasteiger partial charge in [0.1, 0.15) is 16.7 Å². The molecule has 0 spiro atoms. The summed E-state index contributed by atoms with van der Waals surface area (Å²) in [6.45, 7) is 2.60. The second-order valence-electron chi connectivity index (χ2n) is 5.94. The Hall–Kier alpha value is -2.21. The topological polar surface area (TPSA) is 59.5 Å². The number of methoxy groups -OCH3 is 1. The number of thiazole rings is 1. The number of aromatic nitrogens is 1. The van der Waals surface area contributed by atoms with Crippen molar-refractivity contribution in [3.63, 3.8) is 0 Å². The summed E-state index contributed by atoms with van der Waals surface area (Å²) in [5.74, 6) is -0.545. The first kappa shape index (κ1) is 16.6. The molecule has 1 amide bonds. The molecule has 0 bridgehead atoms. The van der Waals surface area contributed by atoms with Crippen LogP contribution in [-0.2, 0) is 9.53 Å². The highest BCUT2D eigenvalue weighted by Crippen LogP contribution is 2.26. The fourth-order valence-corrected chi connectivity index (χ4v) is 3.70. The molecular weight excluding hydrogens is 324 g/mol. The standard InChI is InChI=1S/C18H20N2O3S/c1-12-6-8-13(9-7-12)16-19-14(11-24-16)17(21)20-10-4-3-5-15(20)18(22)23-2/h6-9,11,15H,3-5,10H2,1-2H3/t15-/m1/s1. The molecule has 0 saturated carbocycles. The van der Waals surface area contributed by atoms with E-state index in [1.54, 1.807) is 10.3 Å². The first-order valence-corrected chi connectivity index (χ1v) is 8.89. The largest absolute Gasteiger partial charge is 0.467 e. The van der Waals surface area contributed by atoms with E-state index in [2.05, 4.69) is 4.98 Å². The molecule has 24 heavy (non-hydrogen) atoms. The average Bonchev–Trinajstić information content (AvgIpc) is 3.11. The van der Waals surface area contributed by atoms with Crippen LogP contribution >= 0.6 is 11.3 Å². The molecule has 0 radical (unpaired) electrons. The molecule has 0 aliphatic carbocycles. The highest BCUT2D eigenvalue weighted by Gasteiger charge is 2.34. The number of rotatable bonds is 3. The van der Waals surface area contributed by atoms with E-state index in [1.807, 2.05) is 31.2 Å². The second-order valence-corrected chi connectivity index (χ2v) is 6.80. The molecule has 1 aliphatic heterocycles. The molecule has 1 saturated heterocycles. The molecular formula is C18H20N2O3S. The number of benzene rings is 1. The van der Waals surface area contributed by atoms with Crippen LogP contribution in [0.25, 0.3) is 10.6 Å². The summed E-state index contributed by atoms with van der Waals surface area (Å²) >= 11 is 1.44. The number of carbonyl (C=O) groups excluding carboxylic acids is 2. The van der Waals surface area contributed by atoms with Gasteiger partial charge in [-0.25, -0.2) is 9.78 Å². The van der Waals surface area contributed by atoms with Gasteiger partial charge in [-0.05, 0) is 26.2 Å². The number of ether oxygens (including phenoxy) is 1. The lowest BCUT2D eigenvalue weighted by Crippen LogP contribution is -2.48. The van der Waals surface area contributed by atoms with E-state index in [4.69, 9.17) is 4.74 Å². The third kappa shape index (κ3) is 3.33. The smallest absolute Gasteiger partial charge is 0.328 e. The lowest BCUT2D eigenvalue weighted by atomic mass is 10.0. The zero-order valence-electron chi connectivity index (χ0n) is 13.8. The fourth-order valence-electron chi connectivity index (χ4n) is 2.90. The van der Waals surface area contributed by atoms with Crippen LogP contribution < -0.4 is 0 Å². The Morgan fingerprint density at radius 1 is 1.25 bits per heavy atom. The minimum atomic E-state index is -0.499. The maximum absolute atomic E-state index is 12.8. The van der Waals surface area contributed by atoms with Crippen LogP contribution in [0.1, 0.15) is 35.3 Å². The molecule has 0 N–H and O–H groups in total. The Morgan fingerprint density at radius 2 is 2.00 bits per heavy atom. The number of aryl methyl sites for hydroxylation is 1. The summed E-state index contributed by atoms with van der Waals surface area (Å²) in [7, 11) is 1.36. The van der Waals surface area contributed by atoms with Gasteiger partial charge in [0.25, 0.3) is 5.91 Å². The monoisotopic (exact) mass is 344 g/mol. The van der Waals surface area contributed by atoms with Crippen molar-refractivity contribution in [2.24, 2.45) is 0 Å². The minimum Gasteiger partial charge on any atom is -0.467 e. The maximum Gasteiger partial charge on any atom is 0.328 e. The second kappa shape index (κ2) is 7.13. The molecule has 2 aromatic rings. The molecule has 6 heteroatoms. The van der Waals surface area contributed by atoms with Crippen LogP contribution in [0.5, 0.6) is 0 Å². The van der Waals surface area contributed by atoms with Gasteiger partial charge in [0.2, 0.25) is 0 Å². The van der Waals surface area contributed by atoms with Crippen molar-refractivity contribution in [1.82, 2.24) is 9.88 Å². The zero-order chi connectivity index (χ0) is 17.1. The van der Waals surface area contributed by atoms with E-state index in [-0.39, 0.29) is 11.9 Å². The average molecular weight is 344 g/mol. The lowest BCUT2D eigenvalue weighted by molar-refractivity contribution is -0.147. The van der Waals surface area contributed by atoms with Crippen molar-refractivity contribution in [3.8, 4) is 10.6 Å². The molecule has 1 atom stereocenters. The van der Waals surface area contributed by atoms with Crippen molar-refractivity contribution in [1.29, 1.82) is 0 Å². The van der Waals surface area contributed by atoms with Crippen LogP contribution in [0, 0.1) is 6.92 Å². The van der Waals surface area contributed by atoms with Crippen molar-refractivity contribution >= 4 is 23.2 Å². The van der Waals surface area contributed by atoms with Crippen LogP contribution in [0.3, 0.4) is 0 Å². The van der Waals surface area contributed by atoms with Gasteiger partial charge >= 0.3 is 5.97 Å². The van der Waals surface area contributed by atoms with Crippen LogP contribution in [0.4, 0.5) is 0 Å². The minimum absolute atomic E-state index is 0.195. The number of nitrogens with zero attached hydrogens (tertiary/aromatic N) is 2. The van der Waals surface area contributed by atoms with E-state index >= 15 is 0 Å². The Balaban J connectivity index is 1.82. The Labute approximate surface area is 145 Å². The first-order chi connectivity index (χ1) is 11.6. The molecule has 0 unspecified atom stereocenters. The summed E-state index contributed by atoms with van der Waals surface area (Å²) in [6, 6.07) is 7.55. The van der Waals surface area contributed by atoms with Gasteiger partial charge in [0, 0.05) is 17.5 Å². The van der Waals surface area contributed by atoms with Crippen molar-refractivity contribution < 1.29 is 14.3 Å². The molecule has 1 aliphatic rings. The van der Waals surface area contributed by atoms with Gasteiger partial charge in [0.15, 0.2) is 0 Å². The highest BCUT2D eigenvalue weighted by molar-refractivity contribution is 7.13. The van der Waals surface area contributed by atoms with Crippen LogP contribution in [-0.4, -0.2) is 41.5 Å². The van der Waals surface area contributed by atoms with Gasteiger partial charge in [-0.15, -0.1) is 11.3 Å². The Morgan fingerprint density at radius 3 is 2.71 bits per heavy atom. The highest BCUT2D eigenvalue weighted by atomic mass is 32.1. The van der Waals surface area contributed by atoms with Crippen LogP contribution in [0.2, 0.25) is 0 Å². The van der Waals surface area contributed by atoms with Crippen molar-refractivity contribution in [3.05, 3.63) is 40.9 Å². The predicted octanol–water partition coefficient (Wildman–Crippen LogP) is 3.29. The lowest BCUT2D eigenvalue weighted by Gasteiger charge is -2.33. The first-order valence-electron chi connectivity index (χ1n) is 8.01. The summed E-state index contributed by atoms with van der Waals surface area (Å²) in [4.78, 5) is 30.8. The molecule has 1 aromatic carbocycles. The van der Waals surface area contributed by atoms with Gasteiger partial charge in [-0.1, -0.05) is 29.8 Å². The number of hydrogen-bond donors (Lipinski definition) is 0. The van der Waals surface area contributed by atoms with E-state index < -0.39 is 6.04 Å². The number of esters is 1. The number of carbonyl (C=O) groups is 2. The van der Waals surface area contributed by atoms with Crippen molar-refractivity contribution in [2.75, 3.05) is 13.7 Å². The summed E-state index contributed by atoms with van der Waals surface area (Å²) in [6.07, 6.45) is 2.47. The number of piperidine rings is 1. The molecule has 126 valence electrons.